The first kappa shape index (κ1) is 14.4. The molecule has 1 N–H and O–H groups in total. The summed E-state index contributed by atoms with van der Waals surface area (Å²) in [7, 11) is 0. The van der Waals surface area contributed by atoms with Crippen LogP contribution in [0.1, 0.15) is 40.2 Å². The van der Waals surface area contributed by atoms with E-state index in [1.165, 1.54) is 15.3 Å². The molecule has 0 bridgehead atoms. The van der Waals surface area contributed by atoms with E-state index in [-0.39, 0.29) is 6.04 Å². The number of hydrogen-bond donors (Lipinski definition) is 1. The second kappa shape index (κ2) is 5.69. The van der Waals surface area contributed by atoms with Gasteiger partial charge in [-0.15, -0.1) is 22.7 Å². The van der Waals surface area contributed by atoms with Gasteiger partial charge in [0.25, 0.3) is 0 Å². The molecular formula is C15H18N4S2. The Hall–Kier alpha value is -1.53. The second-order valence-electron chi connectivity index (χ2n) is 5.07. The van der Waals surface area contributed by atoms with Gasteiger partial charge in [-0.2, -0.15) is 0 Å². The summed E-state index contributed by atoms with van der Waals surface area (Å²) in [6.45, 7) is 8.54. The van der Waals surface area contributed by atoms with Crippen molar-refractivity contribution in [3.05, 3.63) is 32.8 Å². The Labute approximate surface area is 132 Å². The van der Waals surface area contributed by atoms with Gasteiger partial charge < -0.3 is 5.32 Å². The Kier molecular flexibility index (Phi) is 3.91. The summed E-state index contributed by atoms with van der Waals surface area (Å²) in [5, 5.41) is 5.73. The molecule has 3 rings (SSSR count). The molecular weight excluding hydrogens is 300 g/mol. The lowest BCUT2D eigenvalue weighted by Gasteiger charge is -2.12. The molecule has 1 unspecified atom stereocenters. The molecule has 6 heteroatoms. The molecule has 0 aliphatic heterocycles. The van der Waals surface area contributed by atoms with Gasteiger partial charge in [-0.3, -0.25) is 0 Å². The highest BCUT2D eigenvalue weighted by molar-refractivity contribution is 7.18. The molecule has 3 aromatic heterocycles. The smallest absolute Gasteiger partial charge is 0.139 e. The summed E-state index contributed by atoms with van der Waals surface area (Å²) in [5.41, 5.74) is 1.26. The largest absolute Gasteiger partial charge is 0.360 e. The van der Waals surface area contributed by atoms with Crippen molar-refractivity contribution >= 4 is 38.7 Å². The van der Waals surface area contributed by atoms with Gasteiger partial charge in [-0.1, -0.05) is 6.92 Å². The molecule has 21 heavy (non-hydrogen) atoms. The van der Waals surface area contributed by atoms with Crippen LogP contribution in [0.4, 0.5) is 5.82 Å². The van der Waals surface area contributed by atoms with Crippen LogP contribution < -0.4 is 5.32 Å². The fourth-order valence-corrected chi connectivity index (χ4v) is 4.10. The quantitative estimate of drug-likeness (QED) is 0.769. The molecule has 4 nitrogen and oxygen atoms in total. The SMILES string of the molecule is CCc1cnc(C(C)Nc2ncnc3sc(C)c(C)c23)s1. The summed E-state index contributed by atoms with van der Waals surface area (Å²) in [5.74, 6) is 0.905. The van der Waals surface area contributed by atoms with E-state index in [1.54, 1.807) is 29.0 Å². The molecule has 0 aromatic carbocycles. The average Bonchev–Trinajstić information content (AvgIpc) is 3.05. The number of anilines is 1. The molecule has 0 amide bonds. The van der Waals surface area contributed by atoms with Crippen LogP contribution in [0, 0.1) is 13.8 Å². The van der Waals surface area contributed by atoms with Gasteiger partial charge in [0.2, 0.25) is 0 Å². The van der Waals surface area contributed by atoms with E-state index >= 15 is 0 Å². The zero-order valence-electron chi connectivity index (χ0n) is 12.6. The van der Waals surface area contributed by atoms with Crippen LogP contribution in [0.5, 0.6) is 0 Å². The summed E-state index contributed by atoms with van der Waals surface area (Å²) < 4.78 is 0. The Morgan fingerprint density at radius 3 is 2.71 bits per heavy atom. The van der Waals surface area contributed by atoms with E-state index in [4.69, 9.17) is 0 Å². The molecule has 0 aliphatic rings. The van der Waals surface area contributed by atoms with Crippen LogP contribution in [-0.4, -0.2) is 15.0 Å². The highest BCUT2D eigenvalue weighted by atomic mass is 32.1. The third kappa shape index (κ3) is 2.65. The molecule has 0 saturated carbocycles. The number of aryl methyl sites for hydroxylation is 3. The molecule has 3 heterocycles. The van der Waals surface area contributed by atoms with Crippen molar-refractivity contribution in [3.63, 3.8) is 0 Å². The average molecular weight is 318 g/mol. The third-order valence-electron chi connectivity index (χ3n) is 3.61. The standard InChI is InChI=1S/C15H18N4S2/c1-5-11-6-16-14(21-11)9(3)19-13-12-8(2)10(4)20-15(12)18-7-17-13/h6-7,9H,5H2,1-4H3,(H,17,18,19). The monoisotopic (exact) mass is 318 g/mol. The number of rotatable bonds is 4. The number of thiazole rings is 1. The first-order valence-electron chi connectivity index (χ1n) is 7.02. The zero-order valence-corrected chi connectivity index (χ0v) is 14.2. The highest BCUT2D eigenvalue weighted by Gasteiger charge is 2.16. The molecule has 1 atom stereocenters. The Bertz CT molecular complexity index is 775. The predicted octanol–water partition coefficient (Wildman–Crippen LogP) is 4.50. The van der Waals surface area contributed by atoms with Crippen LogP contribution in [0.2, 0.25) is 0 Å². The van der Waals surface area contributed by atoms with Crippen molar-refractivity contribution in [2.75, 3.05) is 5.32 Å². The first-order valence-corrected chi connectivity index (χ1v) is 8.65. The van der Waals surface area contributed by atoms with Gasteiger partial charge in [-0.05, 0) is 32.8 Å². The maximum absolute atomic E-state index is 4.51. The maximum atomic E-state index is 4.51. The van der Waals surface area contributed by atoms with E-state index in [2.05, 4.69) is 48.0 Å². The van der Waals surface area contributed by atoms with Gasteiger partial charge in [0.1, 0.15) is 22.0 Å². The van der Waals surface area contributed by atoms with Gasteiger partial charge in [-0.25, -0.2) is 15.0 Å². The minimum Gasteiger partial charge on any atom is -0.360 e. The van der Waals surface area contributed by atoms with Gasteiger partial charge >= 0.3 is 0 Å². The molecule has 3 aromatic rings. The first-order chi connectivity index (χ1) is 10.1. The van der Waals surface area contributed by atoms with E-state index in [9.17, 15) is 0 Å². The van der Waals surface area contributed by atoms with Crippen molar-refractivity contribution in [1.82, 2.24) is 15.0 Å². The number of aromatic nitrogens is 3. The third-order valence-corrected chi connectivity index (χ3v) is 6.05. The Morgan fingerprint density at radius 2 is 2.00 bits per heavy atom. The van der Waals surface area contributed by atoms with Crippen molar-refractivity contribution in [1.29, 1.82) is 0 Å². The fraction of sp³-hybridized carbons (Fsp3) is 0.400. The van der Waals surface area contributed by atoms with E-state index in [0.29, 0.717) is 0 Å². The topological polar surface area (TPSA) is 50.7 Å². The maximum Gasteiger partial charge on any atom is 0.139 e. The number of nitrogens with one attached hydrogen (secondary N) is 1. The Morgan fingerprint density at radius 1 is 1.19 bits per heavy atom. The summed E-state index contributed by atoms with van der Waals surface area (Å²) in [6, 6.07) is 0.146. The van der Waals surface area contributed by atoms with Crippen LogP contribution in [-0.2, 0) is 6.42 Å². The molecule has 110 valence electrons. The van der Waals surface area contributed by atoms with Crippen LogP contribution in [0.25, 0.3) is 10.2 Å². The van der Waals surface area contributed by atoms with Crippen LogP contribution >= 0.6 is 22.7 Å². The van der Waals surface area contributed by atoms with Gasteiger partial charge in [0, 0.05) is 16.0 Å². The number of nitrogens with zero attached hydrogens (tertiary/aromatic N) is 3. The predicted molar refractivity (Wildman–Crippen MR) is 90.4 cm³/mol. The summed E-state index contributed by atoms with van der Waals surface area (Å²) in [6.07, 6.45) is 4.63. The summed E-state index contributed by atoms with van der Waals surface area (Å²) in [4.78, 5) is 17.0. The molecule has 0 spiro atoms. The van der Waals surface area contributed by atoms with Crippen LogP contribution in [0.3, 0.4) is 0 Å². The molecule has 0 radical (unpaired) electrons. The lowest BCUT2D eigenvalue weighted by Crippen LogP contribution is -2.08. The molecule has 0 fully saturated rings. The lowest BCUT2D eigenvalue weighted by molar-refractivity contribution is 0.861. The minimum atomic E-state index is 0.146. The van der Waals surface area contributed by atoms with Gasteiger partial charge in [0.15, 0.2) is 0 Å². The normalized spacial score (nSPS) is 12.8. The number of thiophene rings is 1. The van der Waals surface area contributed by atoms with E-state index in [0.717, 1.165) is 27.5 Å². The van der Waals surface area contributed by atoms with Crippen molar-refractivity contribution in [2.24, 2.45) is 0 Å². The number of fused-ring (bicyclic) bond motifs is 1. The zero-order chi connectivity index (χ0) is 15.0. The van der Waals surface area contributed by atoms with Crippen molar-refractivity contribution < 1.29 is 0 Å². The summed E-state index contributed by atoms with van der Waals surface area (Å²) >= 11 is 3.48. The fourth-order valence-electron chi connectivity index (χ4n) is 2.24. The Balaban J connectivity index is 1.94. The van der Waals surface area contributed by atoms with Gasteiger partial charge in [0.05, 0.1) is 11.4 Å². The van der Waals surface area contributed by atoms with Crippen molar-refractivity contribution in [2.45, 2.75) is 40.2 Å². The lowest BCUT2D eigenvalue weighted by atomic mass is 10.2. The van der Waals surface area contributed by atoms with E-state index < -0.39 is 0 Å². The number of hydrogen-bond acceptors (Lipinski definition) is 6. The van der Waals surface area contributed by atoms with Crippen LogP contribution in [0.15, 0.2) is 12.5 Å². The molecule has 0 saturated heterocycles. The highest BCUT2D eigenvalue weighted by Crippen LogP contribution is 2.34. The van der Waals surface area contributed by atoms with Crippen molar-refractivity contribution in [3.8, 4) is 0 Å². The molecule has 0 aliphatic carbocycles. The van der Waals surface area contributed by atoms with E-state index in [1.807, 2.05) is 6.20 Å². The second-order valence-corrected chi connectivity index (χ2v) is 7.42. The minimum absolute atomic E-state index is 0.146.